The molecule has 0 aliphatic heterocycles. The van der Waals surface area contributed by atoms with Crippen molar-refractivity contribution in [2.75, 3.05) is 7.11 Å². The Balaban J connectivity index is 3.19. The van der Waals surface area contributed by atoms with Crippen molar-refractivity contribution in [3.05, 3.63) is 29.3 Å². The molecular formula is C10H15NO2. The fraction of sp³-hybridized carbons (Fsp3) is 0.400. The van der Waals surface area contributed by atoms with Gasteiger partial charge in [-0.1, -0.05) is 18.2 Å². The van der Waals surface area contributed by atoms with Gasteiger partial charge in [0, 0.05) is 17.2 Å². The second-order valence-corrected chi connectivity index (χ2v) is 2.99. The molecule has 72 valence electrons. The summed E-state index contributed by atoms with van der Waals surface area (Å²) < 4.78 is 5.19. The molecule has 13 heavy (non-hydrogen) atoms. The molecule has 0 aliphatic carbocycles. The van der Waals surface area contributed by atoms with Crippen LogP contribution in [0.3, 0.4) is 0 Å². The number of nitrogens with two attached hydrogens (primary N) is 1. The van der Waals surface area contributed by atoms with Crippen LogP contribution in [0.15, 0.2) is 18.2 Å². The summed E-state index contributed by atoms with van der Waals surface area (Å²) in [5.74, 6) is 0.694. The molecule has 0 saturated heterocycles. The van der Waals surface area contributed by atoms with Gasteiger partial charge < -0.3 is 15.6 Å². The molecule has 0 heterocycles. The smallest absolute Gasteiger partial charge is 0.129 e. The molecule has 0 saturated carbocycles. The molecule has 1 rings (SSSR count). The van der Waals surface area contributed by atoms with Gasteiger partial charge in [-0.25, -0.2) is 0 Å². The lowest BCUT2D eigenvalue weighted by Gasteiger charge is -2.14. The number of ether oxygens (including phenoxy) is 1. The normalized spacial score (nSPS) is 12.6. The maximum Gasteiger partial charge on any atom is 0.129 e. The van der Waals surface area contributed by atoms with E-state index < -0.39 is 0 Å². The van der Waals surface area contributed by atoms with Gasteiger partial charge in [0.2, 0.25) is 0 Å². The fourth-order valence-corrected chi connectivity index (χ4v) is 1.34. The van der Waals surface area contributed by atoms with E-state index in [0.29, 0.717) is 5.75 Å². The summed E-state index contributed by atoms with van der Waals surface area (Å²) in [6.45, 7) is 1.86. The van der Waals surface area contributed by atoms with Gasteiger partial charge in [-0.05, 0) is 6.92 Å². The van der Waals surface area contributed by atoms with Crippen molar-refractivity contribution in [1.29, 1.82) is 0 Å². The van der Waals surface area contributed by atoms with E-state index in [1.807, 2.05) is 25.1 Å². The highest BCUT2D eigenvalue weighted by Gasteiger charge is 2.10. The van der Waals surface area contributed by atoms with Gasteiger partial charge in [0.1, 0.15) is 5.75 Å². The average molecular weight is 181 g/mol. The van der Waals surface area contributed by atoms with Gasteiger partial charge in [-0.15, -0.1) is 0 Å². The number of hydrogen-bond acceptors (Lipinski definition) is 3. The highest BCUT2D eigenvalue weighted by Crippen LogP contribution is 2.27. The van der Waals surface area contributed by atoms with Crippen molar-refractivity contribution in [2.45, 2.75) is 19.6 Å². The van der Waals surface area contributed by atoms with Crippen molar-refractivity contribution >= 4 is 0 Å². The van der Waals surface area contributed by atoms with Gasteiger partial charge in [-0.2, -0.15) is 0 Å². The molecule has 0 radical (unpaired) electrons. The Morgan fingerprint density at radius 3 is 2.69 bits per heavy atom. The first kappa shape index (κ1) is 10.0. The zero-order valence-electron chi connectivity index (χ0n) is 7.95. The van der Waals surface area contributed by atoms with Crippen LogP contribution in [-0.4, -0.2) is 12.2 Å². The average Bonchev–Trinajstić information content (AvgIpc) is 2.16. The van der Waals surface area contributed by atoms with Gasteiger partial charge in [0.15, 0.2) is 0 Å². The molecule has 0 amide bonds. The van der Waals surface area contributed by atoms with Crippen LogP contribution < -0.4 is 10.5 Å². The monoisotopic (exact) mass is 181 g/mol. The van der Waals surface area contributed by atoms with E-state index in [9.17, 15) is 0 Å². The Kier molecular flexibility index (Phi) is 3.28. The van der Waals surface area contributed by atoms with Crippen LogP contribution in [-0.2, 0) is 6.61 Å². The first-order valence-electron chi connectivity index (χ1n) is 4.23. The Labute approximate surface area is 78.1 Å². The van der Waals surface area contributed by atoms with Crippen LogP contribution in [0.5, 0.6) is 5.75 Å². The molecule has 3 N–H and O–H groups in total. The SMILES string of the molecule is COc1c(CO)cccc1C(C)N. The summed E-state index contributed by atoms with van der Waals surface area (Å²) in [4.78, 5) is 0. The van der Waals surface area contributed by atoms with E-state index in [1.165, 1.54) is 0 Å². The van der Waals surface area contributed by atoms with Crippen LogP contribution in [0, 0.1) is 0 Å². The highest BCUT2D eigenvalue weighted by molar-refractivity contribution is 5.42. The summed E-state index contributed by atoms with van der Waals surface area (Å²) in [5.41, 5.74) is 7.45. The van der Waals surface area contributed by atoms with Crippen LogP contribution >= 0.6 is 0 Å². The lowest BCUT2D eigenvalue weighted by Crippen LogP contribution is -2.08. The number of methoxy groups -OCH3 is 1. The minimum absolute atomic E-state index is 0.0241. The van der Waals surface area contributed by atoms with Crippen LogP contribution in [0.4, 0.5) is 0 Å². The fourth-order valence-electron chi connectivity index (χ4n) is 1.34. The summed E-state index contributed by atoms with van der Waals surface area (Å²) in [5, 5.41) is 9.03. The minimum atomic E-state index is -0.0820. The molecule has 0 aliphatic rings. The first-order chi connectivity index (χ1) is 6.20. The summed E-state index contributed by atoms with van der Waals surface area (Å²) in [7, 11) is 1.58. The van der Waals surface area contributed by atoms with Crippen LogP contribution in [0.25, 0.3) is 0 Å². The third kappa shape index (κ3) is 1.99. The number of rotatable bonds is 3. The molecule has 0 bridgehead atoms. The van der Waals surface area contributed by atoms with E-state index in [4.69, 9.17) is 15.6 Å². The maximum absolute atomic E-state index is 9.03. The lowest BCUT2D eigenvalue weighted by molar-refractivity contribution is 0.273. The minimum Gasteiger partial charge on any atom is -0.496 e. The molecule has 1 aromatic carbocycles. The number of hydrogen-bond donors (Lipinski definition) is 2. The Morgan fingerprint density at radius 2 is 2.23 bits per heavy atom. The highest BCUT2D eigenvalue weighted by atomic mass is 16.5. The predicted octanol–water partition coefficient (Wildman–Crippen LogP) is 1.21. The molecule has 0 fully saturated rings. The Morgan fingerprint density at radius 1 is 1.54 bits per heavy atom. The van der Waals surface area contributed by atoms with Crippen molar-refractivity contribution in [2.24, 2.45) is 5.73 Å². The van der Waals surface area contributed by atoms with E-state index in [-0.39, 0.29) is 12.6 Å². The van der Waals surface area contributed by atoms with Gasteiger partial charge in [0.25, 0.3) is 0 Å². The van der Waals surface area contributed by atoms with E-state index in [1.54, 1.807) is 7.11 Å². The summed E-state index contributed by atoms with van der Waals surface area (Å²) >= 11 is 0. The van der Waals surface area contributed by atoms with Crippen molar-refractivity contribution in [1.82, 2.24) is 0 Å². The molecule has 0 aromatic heterocycles. The van der Waals surface area contributed by atoms with E-state index >= 15 is 0 Å². The zero-order chi connectivity index (χ0) is 9.84. The van der Waals surface area contributed by atoms with Crippen molar-refractivity contribution < 1.29 is 9.84 Å². The topological polar surface area (TPSA) is 55.5 Å². The number of benzene rings is 1. The van der Waals surface area contributed by atoms with Crippen molar-refractivity contribution in [3.8, 4) is 5.75 Å². The second-order valence-electron chi connectivity index (χ2n) is 2.99. The third-order valence-corrected chi connectivity index (χ3v) is 1.99. The van der Waals surface area contributed by atoms with E-state index in [0.717, 1.165) is 11.1 Å². The molecule has 3 nitrogen and oxygen atoms in total. The van der Waals surface area contributed by atoms with Gasteiger partial charge in [0.05, 0.1) is 13.7 Å². The molecule has 3 heteroatoms. The van der Waals surface area contributed by atoms with E-state index in [2.05, 4.69) is 0 Å². The molecule has 1 aromatic rings. The molecule has 1 unspecified atom stereocenters. The number of aliphatic hydroxyl groups excluding tert-OH is 1. The molecule has 0 spiro atoms. The Hall–Kier alpha value is -1.06. The third-order valence-electron chi connectivity index (χ3n) is 1.99. The zero-order valence-corrected chi connectivity index (χ0v) is 7.95. The Bertz CT molecular complexity index is 284. The number of aliphatic hydroxyl groups is 1. The largest absolute Gasteiger partial charge is 0.496 e. The quantitative estimate of drug-likeness (QED) is 0.736. The number of para-hydroxylation sites is 1. The molecule has 1 atom stereocenters. The first-order valence-corrected chi connectivity index (χ1v) is 4.23. The molecular weight excluding hydrogens is 166 g/mol. The summed E-state index contributed by atoms with van der Waals surface area (Å²) in [6.07, 6.45) is 0. The predicted molar refractivity (Wildman–Crippen MR) is 51.5 cm³/mol. The standard InChI is InChI=1S/C10H15NO2/c1-7(11)9-5-3-4-8(6-12)10(9)13-2/h3-5,7,12H,6,11H2,1-2H3. The summed E-state index contributed by atoms with van der Waals surface area (Å²) in [6, 6.07) is 5.52. The maximum atomic E-state index is 9.03. The van der Waals surface area contributed by atoms with Crippen LogP contribution in [0.1, 0.15) is 24.1 Å². The van der Waals surface area contributed by atoms with Gasteiger partial charge in [-0.3, -0.25) is 0 Å². The second kappa shape index (κ2) is 4.25. The van der Waals surface area contributed by atoms with Gasteiger partial charge >= 0.3 is 0 Å². The van der Waals surface area contributed by atoms with Crippen molar-refractivity contribution in [3.63, 3.8) is 0 Å². The lowest BCUT2D eigenvalue weighted by atomic mass is 10.0. The van der Waals surface area contributed by atoms with Crippen LogP contribution in [0.2, 0.25) is 0 Å².